The van der Waals surface area contributed by atoms with Gasteiger partial charge < -0.3 is 5.32 Å². The lowest BCUT2D eigenvalue weighted by molar-refractivity contribution is -0.116. The zero-order valence-electron chi connectivity index (χ0n) is 11.0. The first-order valence-electron chi connectivity index (χ1n) is 6.38. The molecular weight excluding hydrogens is 268 g/mol. The first-order chi connectivity index (χ1) is 9.84. The third kappa shape index (κ3) is 5.28. The second kappa shape index (κ2) is 8.17. The van der Waals surface area contributed by atoms with Gasteiger partial charge in [0, 0.05) is 35.7 Å². The molecule has 20 heavy (non-hydrogen) atoms. The summed E-state index contributed by atoms with van der Waals surface area (Å²) in [7, 11) is 0. The number of carbonyl (C=O) groups excluding carboxylic acids is 1. The number of thioether (sulfide) groups is 1. The van der Waals surface area contributed by atoms with Gasteiger partial charge in [0.25, 0.3) is 0 Å². The smallest absolute Gasteiger partial charge is 0.244 e. The van der Waals surface area contributed by atoms with E-state index < -0.39 is 0 Å². The normalized spacial score (nSPS) is 10.6. The van der Waals surface area contributed by atoms with Crippen molar-refractivity contribution >= 4 is 23.7 Å². The first-order valence-corrected chi connectivity index (χ1v) is 7.37. The average molecular weight is 284 g/mol. The molecule has 0 radical (unpaired) electrons. The van der Waals surface area contributed by atoms with E-state index in [0.29, 0.717) is 6.54 Å². The second-order valence-corrected chi connectivity index (χ2v) is 5.24. The molecule has 0 spiro atoms. The summed E-state index contributed by atoms with van der Waals surface area (Å²) in [6.45, 7) is 0.649. The molecule has 1 N–H and O–H groups in total. The summed E-state index contributed by atoms with van der Waals surface area (Å²) in [5.41, 5.74) is 0.918. The Morgan fingerprint density at radius 1 is 1.20 bits per heavy atom. The van der Waals surface area contributed by atoms with Crippen LogP contribution in [0.1, 0.15) is 5.56 Å². The maximum Gasteiger partial charge on any atom is 0.244 e. The zero-order chi connectivity index (χ0) is 14.0. The van der Waals surface area contributed by atoms with Crippen LogP contribution in [0, 0.1) is 0 Å². The molecule has 1 aromatic heterocycles. The summed E-state index contributed by atoms with van der Waals surface area (Å²) in [4.78, 5) is 16.8. The van der Waals surface area contributed by atoms with Crippen molar-refractivity contribution in [2.75, 3.05) is 12.3 Å². The maximum absolute atomic E-state index is 11.6. The van der Waals surface area contributed by atoms with Crippen LogP contribution in [-0.4, -0.2) is 23.2 Å². The molecule has 2 aromatic rings. The molecular formula is C16H16N2OS. The van der Waals surface area contributed by atoms with Crippen LogP contribution < -0.4 is 5.32 Å². The number of nitrogens with zero attached hydrogens (tertiary/aromatic N) is 1. The molecule has 1 amide bonds. The average Bonchev–Trinajstić information content (AvgIpc) is 2.52. The molecule has 2 rings (SSSR count). The van der Waals surface area contributed by atoms with Gasteiger partial charge in [-0.2, -0.15) is 0 Å². The Balaban J connectivity index is 1.67. The van der Waals surface area contributed by atoms with E-state index in [0.717, 1.165) is 11.3 Å². The fourth-order valence-electron chi connectivity index (χ4n) is 1.57. The van der Waals surface area contributed by atoms with Crippen LogP contribution in [0.25, 0.3) is 6.08 Å². The lowest BCUT2D eigenvalue weighted by Gasteiger charge is -2.02. The van der Waals surface area contributed by atoms with Crippen molar-refractivity contribution in [3.05, 3.63) is 66.5 Å². The lowest BCUT2D eigenvalue weighted by Crippen LogP contribution is -2.23. The fourth-order valence-corrected chi connectivity index (χ4v) is 2.35. The van der Waals surface area contributed by atoms with Gasteiger partial charge in [0.05, 0.1) is 0 Å². The van der Waals surface area contributed by atoms with E-state index in [1.165, 1.54) is 11.0 Å². The van der Waals surface area contributed by atoms with Crippen molar-refractivity contribution in [1.82, 2.24) is 10.3 Å². The molecule has 1 aromatic carbocycles. The van der Waals surface area contributed by atoms with Crippen LogP contribution in [0.4, 0.5) is 0 Å². The predicted octanol–water partition coefficient (Wildman–Crippen LogP) is 3.00. The highest BCUT2D eigenvalue weighted by atomic mass is 32.2. The monoisotopic (exact) mass is 284 g/mol. The summed E-state index contributed by atoms with van der Waals surface area (Å²) >= 11 is 1.73. The molecule has 0 saturated carbocycles. The van der Waals surface area contributed by atoms with Gasteiger partial charge >= 0.3 is 0 Å². The van der Waals surface area contributed by atoms with E-state index in [1.54, 1.807) is 30.2 Å². The van der Waals surface area contributed by atoms with Crippen molar-refractivity contribution in [3.63, 3.8) is 0 Å². The number of rotatable bonds is 6. The van der Waals surface area contributed by atoms with E-state index in [-0.39, 0.29) is 5.91 Å². The highest BCUT2D eigenvalue weighted by molar-refractivity contribution is 7.99. The first kappa shape index (κ1) is 14.3. The number of pyridine rings is 1. The molecule has 0 fully saturated rings. The van der Waals surface area contributed by atoms with Crippen LogP contribution in [0.15, 0.2) is 65.8 Å². The van der Waals surface area contributed by atoms with Crippen LogP contribution in [0.5, 0.6) is 0 Å². The van der Waals surface area contributed by atoms with Crippen LogP contribution in [0.2, 0.25) is 0 Å². The third-order valence-corrected chi connectivity index (χ3v) is 3.54. The Hall–Kier alpha value is -2.07. The highest BCUT2D eigenvalue weighted by Crippen LogP contribution is 2.15. The van der Waals surface area contributed by atoms with Gasteiger partial charge in [-0.1, -0.05) is 24.3 Å². The largest absolute Gasteiger partial charge is 0.352 e. The number of hydrogen-bond acceptors (Lipinski definition) is 3. The van der Waals surface area contributed by atoms with Crippen LogP contribution >= 0.6 is 11.8 Å². The van der Waals surface area contributed by atoms with Crippen LogP contribution in [0.3, 0.4) is 0 Å². The molecule has 0 aliphatic carbocycles. The SMILES string of the molecule is O=C(/C=C/c1cccnc1)NCCSc1ccccc1. The molecule has 0 saturated heterocycles. The summed E-state index contributed by atoms with van der Waals surface area (Å²) in [6.07, 6.45) is 6.71. The van der Waals surface area contributed by atoms with Crippen molar-refractivity contribution in [1.29, 1.82) is 0 Å². The molecule has 102 valence electrons. The molecule has 0 bridgehead atoms. The maximum atomic E-state index is 11.6. The van der Waals surface area contributed by atoms with Gasteiger partial charge in [-0.15, -0.1) is 11.8 Å². The molecule has 1 heterocycles. The number of amides is 1. The Labute approximate surface area is 123 Å². The molecule has 0 atom stereocenters. The van der Waals surface area contributed by atoms with Gasteiger partial charge in [0.1, 0.15) is 0 Å². The minimum absolute atomic E-state index is 0.0810. The van der Waals surface area contributed by atoms with Crippen molar-refractivity contribution < 1.29 is 4.79 Å². The highest BCUT2D eigenvalue weighted by Gasteiger charge is 1.96. The standard InChI is InChI=1S/C16H16N2OS/c19-16(9-8-14-5-4-10-17-13-14)18-11-12-20-15-6-2-1-3-7-15/h1-10,13H,11-12H2,(H,18,19)/b9-8+. The van der Waals surface area contributed by atoms with E-state index in [9.17, 15) is 4.79 Å². The van der Waals surface area contributed by atoms with Gasteiger partial charge in [-0.3, -0.25) is 9.78 Å². The third-order valence-electron chi connectivity index (χ3n) is 2.52. The topological polar surface area (TPSA) is 42.0 Å². The number of aromatic nitrogens is 1. The van der Waals surface area contributed by atoms with Gasteiger partial charge in [0.2, 0.25) is 5.91 Å². The molecule has 4 heteroatoms. The number of carbonyl (C=O) groups is 1. The molecule has 3 nitrogen and oxygen atoms in total. The summed E-state index contributed by atoms with van der Waals surface area (Å²) in [6, 6.07) is 13.9. The Bertz CT molecular complexity index is 555. The van der Waals surface area contributed by atoms with Crippen molar-refractivity contribution in [2.45, 2.75) is 4.90 Å². The van der Waals surface area contributed by atoms with E-state index in [4.69, 9.17) is 0 Å². The van der Waals surface area contributed by atoms with Crippen LogP contribution in [-0.2, 0) is 4.79 Å². The number of hydrogen-bond donors (Lipinski definition) is 1. The quantitative estimate of drug-likeness (QED) is 0.504. The minimum Gasteiger partial charge on any atom is -0.352 e. The second-order valence-electron chi connectivity index (χ2n) is 4.07. The predicted molar refractivity (Wildman–Crippen MR) is 83.4 cm³/mol. The zero-order valence-corrected chi connectivity index (χ0v) is 11.8. The summed E-state index contributed by atoms with van der Waals surface area (Å²) in [5, 5.41) is 2.86. The lowest BCUT2D eigenvalue weighted by atomic mass is 10.2. The molecule has 0 aliphatic heterocycles. The van der Waals surface area contributed by atoms with Crippen molar-refractivity contribution in [3.8, 4) is 0 Å². The fraction of sp³-hybridized carbons (Fsp3) is 0.125. The Morgan fingerprint density at radius 3 is 2.80 bits per heavy atom. The van der Waals surface area contributed by atoms with Gasteiger partial charge in [-0.25, -0.2) is 0 Å². The molecule has 0 aliphatic rings. The number of nitrogens with one attached hydrogen (secondary N) is 1. The summed E-state index contributed by atoms with van der Waals surface area (Å²) < 4.78 is 0. The van der Waals surface area contributed by atoms with E-state index >= 15 is 0 Å². The Kier molecular flexibility index (Phi) is 5.86. The Morgan fingerprint density at radius 2 is 2.05 bits per heavy atom. The van der Waals surface area contributed by atoms with Gasteiger partial charge in [-0.05, 0) is 29.8 Å². The summed E-state index contributed by atoms with van der Waals surface area (Å²) in [5.74, 6) is 0.777. The van der Waals surface area contributed by atoms with Gasteiger partial charge in [0.15, 0.2) is 0 Å². The molecule has 0 unspecified atom stereocenters. The van der Waals surface area contributed by atoms with E-state index in [2.05, 4.69) is 22.4 Å². The van der Waals surface area contributed by atoms with E-state index in [1.807, 2.05) is 30.3 Å². The van der Waals surface area contributed by atoms with Crippen molar-refractivity contribution in [2.24, 2.45) is 0 Å². The number of benzene rings is 1. The minimum atomic E-state index is -0.0810.